The molecule has 28 heavy (non-hydrogen) atoms. The number of phenols is 1. The molecule has 0 bridgehead atoms. The molecule has 0 saturated heterocycles. The van der Waals surface area contributed by atoms with E-state index < -0.39 is 5.97 Å². The van der Waals surface area contributed by atoms with Crippen LogP contribution in [0.15, 0.2) is 52.9 Å². The number of phenolic OH excluding ortho intramolecular Hbond substituents is 1. The monoisotopic (exact) mass is 385 g/mol. The zero-order valence-corrected chi connectivity index (χ0v) is 15.4. The number of oxazole rings is 1. The molecule has 2 aromatic carbocycles. The summed E-state index contributed by atoms with van der Waals surface area (Å²) in [5, 5.41) is 10.0. The fourth-order valence-corrected chi connectivity index (χ4v) is 2.75. The minimum Gasteiger partial charge on any atom is -0.508 e. The zero-order chi connectivity index (χ0) is 19.9. The first-order valence-electron chi connectivity index (χ1n) is 8.84. The highest BCUT2D eigenvalue weighted by Crippen LogP contribution is 2.26. The van der Waals surface area contributed by atoms with Crippen LogP contribution in [0.4, 0.5) is 4.53 Å². The summed E-state index contributed by atoms with van der Waals surface area (Å²) in [5.74, 6) is 0.798. The van der Waals surface area contributed by atoms with Crippen molar-refractivity contribution >= 4 is 5.97 Å². The van der Waals surface area contributed by atoms with Gasteiger partial charge in [-0.15, -0.1) is 0 Å². The predicted octanol–water partition coefficient (Wildman–Crippen LogP) is 4.34. The maximum absolute atomic E-state index is 11.7. The van der Waals surface area contributed by atoms with Gasteiger partial charge in [0.25, 0.3) is 0 Å². The number of aryl methyl sites for hydroxylation is 2. The summed E-state index contributed by atoms with van der Waals surface area (Å²) in [6.07, 6.45) is 0.571. The molecule has 0 aliphatic carbocycles. The van der Waals surface area contributed by atoms with Gasteiger partial charge in [-0.3, -0.25) is 4.94 Å². The molecule has 0 aliphatic heterocycles. The van der Waals surface area contributed by atoms with Crippen molar-refractivity contribution in [2.24, 2.45) is 0 Å². The van der Waals surface area contributed by atoms with Crippen LogP contribution in [0.1, 0.15) is 23.4 Å². The molecule has 3 rings (SSSR count). The van der Waals surface area contributed by atoms with Crippen molar-refractivity contribution < 1.29 is 28.5 Å². The number of carbonyl (C=O) groups is 1. The second-order valence-corrected chi connectivity index (χ2v) is 6.23. The van der Waals surface area contributed by atoms with Gasteiger partial charge in [0.05, 0.1) is 18.7 Å². The Labute approximate surface area is 161 Å². The lowest BCUT2D eigenvalue weighted by Crippen LogP contribution is -2.03. The Hall–Kier alpha value is -3.35. The maximum Gasteiger partial charge on any atom is 0.349 e. The van der Waals surface area contributed by atoms with Gasteiger partial charge in [0.15, 0.2) is 0 Å². The number of aromatic hydroxyl groups is 1. The molecular formula is C21H20FNO5. The van der Waals surface area contributed by atoms with E-state index in [1.54, 1.807) is 12.1 Å². The Kier molecular flexibility index (Phi) is 6.26. The van der Waals surface area contributed by atoms with E-state index in [2.05, 4.69) is 9.93 Å². The highest BCUT2D eigenvalue weighted by Gasteiger charge is 2.12. The highest BCUT2D eigenvalue weighted by molar-refractivity contribution is 5.69. The van der Waals surface area contributed by atoms with Crippen LogP contribution < -0.4 is 4.74 Å². The van der Waals surface area contributed by atoms with Crippen LogP contribution in [0.25, 0.3) is 11.5 Å². The summed E-state index contributed by atoms with van der Waals surface area (Å²) in [7, 11) is 0. The molecule has 0 radical (unpaired) electrons. The van der Waals surface area contributed by atoms with E-state index in [9.17, 15) is 14.4 Å². The summed E-state index contributed by atoms with van der Waals surface area (Å²) in [5.41, 5.74) is 2.23. The van der Waals surface area contributed by atoms with Gasteiger partial charge in [0, 0.05) is 22.6 Å². The van der Waals surface area contributed by atoms with E-state index >= 15 is 0 Å². The van der Waals surface area contributed by atoms with E-state index in [1.807, 2.05) is 37.3 Å². The van der Waals surface area contributed by atoms with Gasteiger partial charge >= 0.3 is 5.97 Å². The number of nitrogens with zero attached hydrogens (tertiary/aromatic N) is 1. The first-order chi connectivity index (χ1) is 13.6. The Balaban J connectivity index is 1.56. The van der Waals surface area contributed by atoms with Crippen LogP contribution in [-0.2, 0) is 22.6 Å². The van der Waals surface area contributed by atoms with Crippen molar-refractivity contribution in [2.75, 3.05) is 6.61 Å². The summed E-state index contributed by atoms with van der Waals surface area (Å²) < 4.78 is 23.1. The van der Waals surface area contributed by atoms with E-state index in [0.29, 0.717) is 30.2 Å². The number of hydrogen-bond donors (Lipinski definition) is 1. The molecule has 3 aromatic rings. The van der Waals surface area contributed by atoms with Gasteiger partial charge in [-0.25, -0.2) is 9.78 Å². The second-order valence-electron chi connectivity index (χ2n) is 6.23. The van der Waals surface area contributed by atoms with Gasteiger partial charge in [-0.1, -0.05) is 24.3 Å². The molecule has 1 aromatic heterocycles. The van der Waals surface area contributed by atoms with Gasteiger partial charge in [-0.2, -0.15) is 0 Å². The Bertz CT molecular complexity index is 939. The Morgan fingerprint density at radius 2 is 1.96 bits per heavy atom. The molecule has 0 fully saturated rings. The molecule has 1 heterocycles. The minimum atomic E-state index is -0.974. The number of halogens is 1. The largest absolute Gasteiger partial charge is 0.508 e. The Morgan fingerprint density at radius 3 is 2.68 bits per heavy atom. The number of hydrogen-bond acceptors (Lipinski definition) is 6. The van der Waals surface area contributed by atoms with Crippen molar-refractivity contribution in [2.45, 2.75) is 26.2 Å². The van der Waals surface area contributed by atoms with Crippen LogP contribution in [-0.4, -0.2) is 22.7 Å². The topological polar surface area (TPSA) is 81.8 Å². The zero-order valence-electron chi connectivity index (χ0n) is 15.4. The summed E-state index contributed by atoms with van der Waals surface area (Å²) in [6.45, 7) is 2.21. The van der Waals surface area contributed by atoms with Crippen LogP contribution in [0.2, 0.25) is 0 Å². The van der Waals surface area contributed by atoms with Gasteiger partial charge < -0.3 is 14.3 Å². The van der Waals surface area contributed by atoms with E-state index in [-0.39, 0.29) is 18.6 Å². The van der Waals surface area contributed by atoms with Gasteiger partial charge in [-0.05, 0) is 37.1 Å². The molecule has 0 spiro atoms. The van der Waals surface area contributed by atoms with Crippen LogP contribution in [0.5, 0.6) is 11.5 Å². The molecule has 1 N–H and O–H groups in total. The van der Waals surface area contributed by atoms with Gasteiger partial charge in [0.2, 0.25) is 5.89 Å². The van der Waals surface area contributed by atoms with Crippen molar-refractivity contribution in [1.29, 1.82) is 0 Å². The SMILES string of the molecule is Cc1oc(-c2ccccc2)nc1CCOc1ccc(CCC(=O)OF)c(O)c1. The minimum absolute atomic E-state index is 0.0202. The molecule has 146 valence electrons. The number of benzene rings is 2. The van der Waals surface area contributed by atoms with Crippen LogP contribution >= 0.6 is 0 Å². The summed E-state index contributed by atoms with van der Waals surface area (Å²) >= 11 is 0. The standard InChI is InChI=1S/C21H20FNO5/c1-14-18(23-21(27-14)16-5-3-2-4-6-16)11-12-26-17-9-7-15(19(24)13-17)8-10-20(25)28-22/h2-7,9,13,24H,8,10-12H2,1H3. The summed E-state index contributed by atoms with van der Waals surface area (Å²) in [4.78, 5) is 18.5. The van der Waals surface area contributed by atoms with Gasteiger partial charge in [0.1, 0.15) is 17.3 Å². The molecule has 6 nitrogen and oxygen atoms in total. The fourth-order valence-electron chi connectivity index (χ4n) is 2.75. The highest BCUT2D eigenvalue weighted by atomic mass is 19.3. The predicted molar refractivity (Wildman–Crippen MR) is 99.5 cm³/mol. The first kappa shape index (κ1) is 19.4. The molecular weight excluding hydrogens is 365 g/mol. The molecule has 0 saturated carbocycles. The number of rotatable bonds is 8. The number of ether oxygens (including phenoxy) is 1. The van der Waals surface area contributed by atoms with Crippen molar-refractivity contribution in [3.8, 4) is 23.0 Å². The smallest absolute Gasteiger partial charge is 0.349 e. The third-order valence-electron chi connectivity index (χ3n) is 4.26. The average molecular weight is 385 g/mol. The molecule has 7 heteroatoms. The van der Waals surface area contributed by atoms with Crippen molar-refractivity contribution in [1.82, 2.24) is 4.98 Å². The lowest BCUT2D eigenvalue weighted by molar-refractivity contribution is -0.183. The number of aromatic nitrogens is 1. The fraction of sp³-hybridized carbons (Fsp3) is 0.238. The van der Waals surface area contributed by atoms with E-state index in [4.69, 9.17) is 9.15 Å². The summed E-state index contributed by atoms with van der Waals surface area (Å²) in [6, 6.07) is 14.4. The van der Waals surface area contributed by atoms with E-state index in [0.717, 1.165) is 17.0 Å². The van der Waals surface area contributed by atoms with Crippen LogP contribution in [0.3, 0.4) is 0 Å². The molecule has 0 amide bonds. The lowest BCUT2D eigenvalue weighted by atomic mass is 10.1. The van der Waals surface area contributed by atoms with E-state index in [1.165, 1.54) is 6.07 Å². The normalized spacial score (nSPS) is 10.6. The molecule has 0 atom stereocenters. The molecule has 0 unspecified atom stereocenters. The van der Waals surface area contributed by atoms with Crippen molar-refractivity contribution in [3.63, 3.8) is 0 Å². The number of carbonyl (C=O) groups excluding carboxylic acids is 1. The van der Waals surface area contributed by atoms with Crippen LogP contribution in [0, 0.1) is 6.92 Å². The average Bonchev–Trinajstić information content (AvgIpc) is 3.08. The quantitative estimate of drug-likeness (QED) is 0.621. The maximum atomic E-state index is 11.7. The van der Waals surface area contributed by atoms with Crippen molar-refractivity contribution in [3.05, 3.63) is 65.5 Å². The molecule has 0 aliphatic rings. The third-order valence-corrected chi connectivity index (χ3v) is 4.26. The lowest BCUT2D eigenvalue weighted by Gasteiger charge is -2.08. The Morgan fingerprint density at radius 1 is 1.18 bits per heavy atom. The third kappa shape index (κ3) is 4.88. The first-order valence-corrected chi connectivity index (χ1v) is 8.84. The second kappa shape index (κ2) is 9.03.